The topological polar surface area (TPSA) is 51.3 Å². The Kier molecular flexibility index (Phi) is 3.32. The van der Waals surface area contributed by atoms with Crippen LogP contribution in [0.2, 0.25) is 5.02 Å². The molecule has 0 bridgehead atoms. The van der Waals surface area contributed by atoms with Crippen molar-refractivity contribution in [2.45, 2.75) is 0 Å². The monoisotopic (exact) mass is 325 g/mol. The summed E-state index contributed by atoms with van der Waals surface area (Å²) >= 11 is 6.23. The Balaban J connectivity index is 1.84. The van der Waals surface area contributed by atoms with Gasteiger partial charge in [0, 0.05) is 16.7 Å². The molecule has 0 saturated carbocycles. The first-order valence-corrected chi connectivity index (χ1v) is 7.48. The number of ether oxygens (including phenoxy) is 2. The molecule has 23 heavy (non-hydrogen) atoms. The molecule has 0 radical (unpaired) electrons. The van der Waals surface area contributed by atoms with Crippen molar-refractivity contribution >= 4 is 11.6 Å². The molecule has 1 N–H and O–H groups in total. The molecule has 2 aromatic carbocycles. The third kappa shape index (κ3) is 2.58. The number of aromatic nitrogens is 1. The second kappa shape index (κ2) is 5.48. The van der Waals surface area contributed by atoms with E-state index in [0.717, 1.165) is 16.7 Å². The molecule has 0 saturated heterocycles. The number of nitrogens with one attached hydrogen (secondary N) is 1. The van der Waals surface area contributed by atoms with Gasteiger partial charge in [0.15, 0.2) is 11.5 Å². The molecule has 4 rings (SSSR count). The molecule has 0 amide bonds. The smallest absolute Gasteiger partial charge is 0.249 e. The van der Waals surface area contributed by atoms with E-state index >= 15 is 0 Å². The van der Waals surface area contributed by atoms with Gasteiger partial charge >= 0.3 is 0 Å². The number of aromatic amines is 1. The summed E-state index contributed by atoms with van der Waals surface area (Å²) < 4.78 is 10.7. The van der Waals surface area contributed by atoms with E-state index in [-0.39, 0.29) is 12.4 Å². The van der Waals surface area contributed by atoms with Gasteiger partial charge in [0.2, 0.25) is 12.4 Å². The van der Waals surface area contributed by atoms with Gasteiger partial charge in [0.05, 0.1) is 5.69 Å². The zero-order valence-electron chi connectivity index (χ0n) is 12.0. The zero-order chi connectivity index (χ0) is 15.8. The minimum absolute atomic E-state index is 0.185. The number of hydrogen-bond donors (Lipinski definition) is 1. The number of halogens is 1. The van der Waals surface area contributed by atoms with E-state index < -0.39 is 0 Å². The summed E-state index contributed by atoms with van der Waals surface area (Å²) in [7, 11) is 0. The molecule has 1 aliphatic heterocycles. The molecule has 4 nitrogen and oxygen atoms in total. The third-order valence-electron chi connectivity index (χ3n) is 3.71. The highest BCUT2D eigenvalue weighted by Crippen LogP contribution is 2.36. The molecular weight excluding hydrogens is 314 g/mol. The van der Waals surface area contributed by atoms with E-state index in [4.69, 9.17) is 21.1 Å². The van der Waals surface area contributed by atoms with Crippen LogP contribution in [0.25, 0.3) is 22.4 Å². The number of benzene rings is 2. The second-order valence-electron chi connectivity index (χ2n) is 5.19. The Bertz CT molecular complexity index is 949. The zero-order valence-corrected chi connectivity index (χ0v) is 12.8. The van der Waals surface area contributed by atoms with Crippen LogP contribution < -0.4 is 15.0 Å². The van der Waals surface area contributed by atoms with E-state index in [9.17, 15) is 4.79 Å². The molecule has 0 spiro atoms. The van der Waals surface area contributed by atoms with Gasteiger partial charge in [-0.25, -0.2) is 0 Å². The first-order valence-electron chi connectivity index (χ1n) is 7.10. The number of rotatable bonds is 2. The molecule has 0 atom stereocenters. The first-order chi connectivity index (χ1) is 11.2. The van der Waals surface area contributed by atoms with Crippen molar-refractivity contribution in [2.75, 3.05) is 6.79 Å². The Morgan fingerprint density at radius 1 is 0.913 bits per heavy atom. The summed E-state index contributed by atoms with van der Waals surface area (Å²) in [4.78, 5) is 14.9. The van der Waals surface area contributed by atoms with Crippen molar-refractivity contribution in [2.24, 2.45) is 0 Å². The average molecular weight is 326 g/mol. The van der Waals surface area contributed by atoms with E-state index in [2.05, 4.69) is 4.98 Å². The van der Waals surface area contributed by atoms with Crippen LogP contribution in [0.5, 0.6) is 11.5 Å². The number of H-pyrrole nitrogens is 1. The maximum Gasteiger partial charge on any atom is 0.249 e. The quantitative estimate of drug-likeness (QED) is 0.772. The third-order valence-corrected chi connectivity index (χ3v) is 4.04. The summed E-state index contributed by atoms with van der Waals surface area (Å²) in [5.41, 5.74) is 2.95. The maximum atomic E-state index is 12.0. The molecule has 0 fully saturated rings. The van der Waals surface area contributed by atoms with Crippen molar-refractivity contribution in [3.05, 3.63) is 70.0 Å². The van der Waals surface area contributed by atoms with E-state index in [1.165, 1.54) is 0 Å². The highest BCUT2D eigenvalue weighted by molar-refractivity contribution is 6.33. The van der Waals surface area contributed by atoms with Crippen LogP contribution >= 0.6 is 11.6 Å². The molecule has 3 aromatic rings. The van der Waals surface area contributed by atoms with Gasteiger partial charge in [-0.1, -0.05) is 35.9 Å². The molecule has 5 heteroatoms. The fraction of sp³-hybridized carbons (Fsp3) is 0.0556. The number of pyridine rings is 1. The maximum absolute atomic E-state index is 12.0. The molecular formula is C18H12ClNO3. The van der Waals surface area contributed by atoms with Crippen molar-refractivity contribution in [1.82, 2.24) is 4.98 Å². The van der Waals surface area contributed by atoms with Gasteiger partial charge in [0.1, 0.15) is 0 Å². The van der Waals surface area contributed by atoms with Crippen LogP contribution in [0, 0.1) is 0 Å². The predicted octanol–water partition coefficient (Wildman–Crippen LogP) is 4.09. The minimum Gasteiger partial charge on any atom is -0.454 e. The summed E-state index contributed by atoms with van der Waals surface area (Å²) in [5, 5.41) is 0.589. The van der Waals surface area contributed by atoms with Crippen LogP contribution in [0.4, 0.5) is 0 Å². The summed E-state index contributed by atoms with van der Waals surface area (Å²) in [6.07, 6.45) is 0. The standard InChI is InChI=1S/C18H12ClNO3/c19-14-4-2-1-3-13(14)15-7-12(9-18(21)20-15)11-5-6-16-17(8-11)23-10-22-16/h1-9H,10H2,(H,20,21). The molecule has 2 heterocycles. The highest BCUT2D eigenvalue weighted by atomic mass is 35.5. The lowest BCUT2D eigenvalue weighted by atomic mass is 10.0. The Labute approximate surface area is 137 Å². The normalized spacial score (nSPS) is 12.4. The number of fused-ring (bicyclic) bond motifs is 1. The van der Waals surface area contributed by atoms with E-state index in [0.29, 0.717) is 22.2 Å². The Morgan fingerprint density at radius 3 is 2.61 bits per heavy atom. The van der Waals surface area contributed by atoms with Gasteiger partial charge in [0.25, 0.3) is 0 Å². The first kappa shape index (κ1) is 13.9. The molecule has 114 valence electrons. The van der Waals surface area contributed by atoms with Crippen LogP contribution in [0.1, 0.15) is 0 Å². The van der Waals surface area contributed by atoms with Crippen molar-refractivity contribution in [1.29, 1.82) is 0 Å². The molecule has 0 unspecified atom stereocenters. The van der Waals surface area contributed by atoms with Gasteiger partial charge in [-0.3, -0.25) is 4.79 Å². The summed E-state index contributed by atoms with van der Waals surface area (Å²) in [5.74, 6) is 1.40. The average Bonchev–Trinajstić information content (AvgIpc) is 3.02. The van der Waals surface area contributed by atoms with Crippen LogP contribution in [0.15, 0.2) is 59.4 Å². The van der Waals surface area contributed by atoms with Crippen molar-refractivity contribution in [3.8, 4) is 33.9 Å². The van der Waals surface area contributed by atoms with Gasteiger partial charge < -0.3 is 14.5 Å². The second-order valence-corrected chi connectivity index (χ2v) is 5.60. The van der Waals surface area contributed by atoms with Crippen molar-refractivity contribution < 1.29 is 9.47 Å². The van der Waals surface area contributed by atoms with Gasteiger partial charge in [-0.2, -0.15) is 0 Å². The lowest BCUT2D eigenvalue weighted by molar-refractivity contribution is 0.174. The molecule has 1 aliphatic rings. The largest absolute Gasteiger partial charge is 0.454 e. The van der Waals surface area contributed by atoms with E-state index in [1.54, 1.807) is 12.1 Å². The van der Waals surface area contributed by atoms with Crippen molar-refractivity contribution in [3.63, 3.8) is 0 Å². The van der Waals surface area contributed by atoms with E-state index in [1.807, 2.05) is 42.5 Å². The predicted molar refractivity (Wildman–Crippen MR) is 89.1 cm³/mol. The lowest BCUT2D eigenvalue weighted by Crippen LogP contribution is -2.05. The fourth-order valence-electron chi connectivity index (χ4n) is 2.61. The summed E-state index contributed by atoms with van der Waals surface area (Å²) in [6, 6.07) is 16.5. The fourth-order valence-corrected chi connectivity index (χ4v) is 2.85. The summed E-state index contributed by atoms with van der Waals surface area (Å²) in [6.45, 7) is 0.221. The van der Waals surface area contributed by atoms with Crippen LogP contribution in [-0.4, -0.2) is 11.8 Å². The molecule has 0 aliphatic carbocycles. The van der Waals surface area contributed by atoms with Gasteiger partial charge in [-0.15, -0.1) is 0 Å². The van der Waals surface area contributed by atoms with Crippen LogP contribution in [-0.2, 0) is 0 Å². The number of hydrogen-bond acceptors (Lipinski definition) is 3. The van der Waals surface area contributed by atoms with Crippen LogP contribution in [0.3, 0.4) is 0 Å². The SMILES string of the molecule is O=c1cc(-c2ccc3c(c2)OCO3)cc(-c2ccccc2Cl)[nH]1. The highest BCUT2D eigenvalue weighted by Gasteiger charge is 2.14. The lowest BCUT2D eigenvalue weighted by Gasteiger charge is -2.08. The molecule has 1 aromatic heterocycles. The Morgan fingerprint density at radius 2 is 1.74 bits per heavy atom. The minimum atomic E-state index is -0.185. The Hall–Kier alpha value is -2.72. The van der Waals surface area contributed by atoms with Gasteiger partial charge in [-0.05, 0) is 35.4 Å².